The topological polar surface area (TPSA) is 101 Å². The molecule has 200 valence electrons. The number of hydrogen-bond acceptors (Lipinski definition) is 6. The smallest absolute Gasteiger partial charge is 0.334 e. The fraction of sp³-hybridized carbons (Fsp3) is 0.345. The van der Waals surface area contributed by atoms with Gasteiger partial charge in [0, 0.05) is 16.9 Å². The molecule has 0 spiro atoms. The molecule has 0 radical (unpaired) electrons. The molecule has 1 saturated carbocycles. The van der Waals surface area contributed by atoms with Crippen LogP contribution in [0.15, 0.2) is 59.7 Å². The van der Waals surface area contributed by atoms with E-state index >= 15 is 0 Å². The molecule has 4 atom stereocenters. The molecule has 39 heavy (non-hydrogen) atoms. The van der Waals surface area contributed by atoms with Crippen molar-refractivity contribution in [1.82, 2.24) is 0 Å². The Labute approximate surface area is 234 Å². The third-order valence-corrected chi connectivity index (χ3v) is 9.51. The molecule has 0 unspecified atom stereocenters. The van der Waals surface area contributed by atoms with E-state index in [4.69, 9.17) is 27.9 Å². The zero-order chi connectivity index (χ0) is 28.0. The van der Waals surface area contributed by atoms with E-state index in [1.165, 1.54) is 0 Å². The van der Waals surface area contributed by atoms with E-state index in [0.717, 1.165) is 9.80 Å². The molecule has 2 aliphatic heterocycles. The average molecular weight is 567 g/mol. The highest BCUT2D eigenvalue weighted by Gasteiger charge is 2.77. The van der Waals surface area contributed by atoms with Gasteiger partial charge in [-0.3, -0.25) is 19.2 Å². The molecule has 2 bridgehead atoms. The lowest BCUT2D eigenvalue weighted by atomic mass is 9.43. The minimum atomic E-state index is -1.49. The van der Waals surface area contributed by atoms with E-state index in [0.29, 0.717) is 5.57 Å². The zero-order valence-electron chi connectivity index (χ0n) is 21.3. The number of anilines is 2. The Morgan fingerprint density at radius 1 is 0.795 bits per heavy atom. The summed E-state index contributed by atoms with van der Waals surface area (Å²) in [6.45, 7) is 5.06. The van der Waals surface area contributed by atoms with E-state index in [1.807, 2.05) is 0 Å². The van der Waals surface area contributed by atoms with Crippen LogP contribution >= 0.6 is 23.2 Å². The predicted octanol–water partition coefficient (Wildman–Crippen LogP) is 4.43. The van der Waals surface area contributed by atoms with Gasteiger partial charge in [-0.2, -0.15) is 0 Å². The first kappa shape index (κ1) is 25.8. The van der Waals surface area contributed by atoms with Crippen molar-refractivity contribution in [2.75, 3.05) is 16.4 Å². The maximum Gasteiger partial charge on any atom is 0.334 e. The number of hydrogen-bond donors (Lipinski definition) is 0. The molecular weight excluding hydrogens is 543 g/mol. The third-order valence-electron chi connectivity index (χ3n) is 8.87. The monoisotopic (exact) mass is 566 g/mol. The third kappa shape index (κ3) is 3.16. The Morgan fingerprint density at radius 2 is 1.23 bits per heavy atom. The van der Waals surface area contributed by atoms with Crippen LogP contribution in [0.1, 0.15) is 20.8 Å². The van der Waals surface area contributed by atoms with Crippen molar-refractivity contribution < 1.29 is 28.7 Å². The van der Waals surface area contributed by atoms with Gasteiger partial charge in [-0.15, -0.1) is 0 Å². The molecular formula is C29H24Cl2N2O6. The van der Waals surface area contributed by atoms with Crippen molar-refractivity contribution in [2.45, 2.75) is 20.8 Å². The second-order valence-corrected chi connectivity index (χ2v) is 11.3. The number of allylic oxidation sites excluding steroid dienone is 1. The first-order chi connectivity index (χ1) is 18.6. The summed E-state index contributed by atoms with van der Waals surface area (Å²) in [6, 6.07) is 13.0. The first-order valence-electron chi connectivity index (χ1n) is 12.7. The quantitative estimate of drug-likeness (QED) is 0.400. The van der Waals surface area contributed by atoms with Crippen LogP contribution in [0, 0.1) is 35.0 Å². The van der Waals surface area contributed by atoms with Gasteiger partial charge in [-0.05, 0) is 38.1 Å². The van der Waals surface area contributed by atoms with E-state index < -0.39 is 64.6 Å². The van der Waals surface area contributed by atoms with Gasteiger partial charge >= 0.3 is 5.97 Å². The number of esters is 1. The Balaban J connectivity index is 1.57. The highest BCUT2D eigenvalue weighted by Crippen LogP contribution is 2.69. The number of amides is 4. The number of rotatable bonds is 4. The number of nitrogens with zero attached hydrogens (tertiary/aromatic N) is 2. The lowest BCUT2D eigenvalue weighted by Gasteiger charge is -2.55. The first-order valence-corrected chi connectivity index (χ1v) is 13.5. The SMILES string of the molecule is CCOC(=O)C1=C(C)C2[C@H]3C(=O)N(c4ccccc4Cl)C(=O)[C@@H]3C1(C)[C@H]1C(=O)N(c3ccccc3Cl)C(=O)[C@H]21. The molecule has 10 heteroatoms. The number of ether oxygens (including phenoxy) is 1. The molecule has 2 aromatic carbocycles. The van der Waals surface area contributed by atoms with Crippen LogP contribution in [0.25, 0.3) is 0 Å². The maximum absolute atomic E-state index is 14.2. The van der Waals surface area contributed by atoms with Crippen LogP contribution in [-0.4, -0.2) is 36.2 Å². The fourth-order valence-corrected chi connectivity index (χ4v) is 7.99. The molecule has 2 heterocycles. The van der Waals surface area contributed by atoms with Crippen LogP contribution in [-0.2, 0) is 28.7 Å². The summed E-state index contributed by atoms with van der Waals surface area (Å²) in [5, 5.41) is 0.422. The van der Waals surface area contributed by atoms with Crippen molar-refractivity contribution in [3.05, 3.63) is 69.7 Å². The minimum absolute atomic E-state index is 0.0792. The molecule has 4 amide bonds. The summed E-state index contributed by atoms with van der Waals surface area (Å²) in [5.74, 6) is -7.72. The van der Waals surface area contributed by atoms with Gasteiger partial charge in [-0.1, -0.05) is 60.0 Å². The molecule has 3 fully saturated rings. The van der Waals surface area contributed by atoms with Gasteiger partial charge in [0.1, 0.15) is 0 Å². The largest absolute Gasteiger partial charge is 0.463 e. The molecule has 0 N–H and O–H groups in total. The van der Waals surface area contributed by atoms with E-state index in [-0.39, 0.29) is 33.6 Å². The fourth-order valence-electron chi connectivity index (χ4n) is 7.55. The Hall–Kier alpha value is -3.49. The second-order valence-electron chi connectivity index (χ2n) is 10.5. The molecule has 8 nitrogen and oxygen atoms in total. The maximum atomic E-state index is 14.2. The van der Waals surface area contributed by atoms with Crippen molar-refractivity contribution in [2.24, 2.45) is 35.0 Å². The Morgan fingerprint density at radius 3 is 1.64 bits per heavy atom. The van der Waals surface area contributed by atoms with Gasteiger partial charge in [0.2, 0.25) is 23.6 Å². The van der Waals surface area contributed by atoms with Crippen LogP contribution in [0.2, 0.25) is 10.0 Å². The molecule has 2 aromatic rings. The normalized spacial score (nSPS) is 31.3. The van der Waals surface area contributed by atoms with E-state index in [1.54, 1.807) is 69.3 Å². The minimum Gasteiger partial charge on any atom is -0.463 e. The van der Waals surface area contributed by atoms with Crippen LogP contribution < -0.4 is 9.80 Å². The molecule has 7 rings (SSSR count). The number of halogens is 2. The number of imide groups is 2. The molecule has 3 aliphatic carbocycles. The van der Waals surface area contributed by atoms with Gasteiger partial charge < -0.3 is 4.74 Å². The Bertz CT molecular complexity index is 1440. The van der Waals surface area contributed by atoms with Crippen molar-refractivity contribution in [1.29, 1.82) is 0 Å². The summed E-state index contributed by atoms with van der Waals surface area (Å²) < 4.78 is 5.39. The number of carbonyl (C=O) groups is 5. The van der Waals surface area contributed by atoms with Crippen molar-refractivity contribution >= 4 is 64.2 Å². The van der Waals surface area contributed by atoms with Crippen molar-refractivity contribution in [3.63, 3.8) is 0 Å². The highest BCUT2D eigenvalue weighted by molar-refractivity contribution is 6.37. The summed E-state index contributed by atoms with van der Waals surface area (Å²) in [4.78, 5) is 71.9. The summed E-state index contributed by atoms with van der Waals surface area (Å²) in [5.41, 5.74) is -0.375. The number of carbonyl (C=O) groups excluding carboxylic acids is 5. The van der Waals surface area contributed by atoms with Gasteiger partial charge in [0.05, 0.1) is 51.7 Å². The number of benzene rings is 2. The predicted molar refractivity (Wildman–Crippen MR) is 143 cm³/mol. The van der Waals surface area contributed by atoms with Gasteiger partial charge in [0.25, 0.3) is 0 Å². The van der Waals surface area contributed by atoms with Crippen LogP contribution in [0.4, 0.5) is 11.4 Å². The van der Waals surface area contributed by atoms with Crippen LogP contribution in [0.3, 0.4) is 0 Å². The lowest BCUT2D eigenvalue weighted by molar-refractivity contribution is -0.155. The summed E-state index contributed by atoms with van der Waals surface area (Å²) in [6.07, 6.45) is 0. The summed E-state index contributed by atoms with van der Waals surface area (Å²) >= 11 is 12.8. The highest BCUT2D eigenvalue weighted by atomic mass is 35.5. The lowest BCUT2D eigenvalue weighted by Crippen LogP contribution is -2.61. The van der Waals surface area contributed by atoms with Gasteiger partial charge in [0.15, 0.2) is 0 Å². The van der Waals surface area contributed by atoms with Gasteiger partial charge in [-0.25, -0.2) is 14.6 Å². The molecule has 5 aliphatic rings. The average Bonchev–Trinajstić information content (AvgIpc) is 3.31. The Kier molecular flexibility index (Phi) is 5.79. The van der Waals surface area contributed by atoms with Crippen molar-refractivity contribution in [3.8, 4) is 0 Å². The van der Waals surface area contributed by atoms with Crippen LogP contribution in [0.5, 0.6) is 0 Å². The van der Waals surface area contributed by atoms with E-state index in [9.17, 15) is 24.0 Å². The standard InChI is InChI=1S/C29H24Cl2N2O6/c1-4-39-28(38)21-13(2)18-19-22(26(36)32(24(19)34)16-11-7-5-9-14(16)30)29(21,3)23-20(18)25(35)33(27(23)37)17-12-8-6-10-15(17)31/h5-12,18-20,22-23H,4H2,1-3H3/t18?,19-,20-,22-,23-,29?/m1/s1. The zero-order valence-corrected chi connectivity index (χ0v) is 22.8. The number of para-hydroxylation sites is 2. The van der Waals surface area contributed by atoms with E-state index in [2.05, 4.69) is 0 Å². The second kappa shape index (κ2) is 8.76. The summed E-state index contributed by atoms with van der Waals surface area (Å²) in [7, 11) is 0. The molecule has 2 saturated heterocycles. The molecule has 0 aromatic heterocycles.